The Kier molecular flexibility index (Phi) is 9.31. The lowest BCUT2D eigenvalue weighted by atomic mass is 9.76. The average molecular weight is 576 g/mol. The average Bonchev–Trinajstić information content (AvgIpc) is 3.48. The van der Waals surface area contributed by atoms with Gasteiger partial charge in [-0.1, -0.05) is 42.5 Å². The topological polar surface area (TPSA) is 70.2 Å². The molecular formula is C30H42ClN3O4S. The van der Waals surface area contributed by atoms with Crippen LogP contribution in [0, 0.1) is 11.3 Å². The van der Waals surface area contributed by atoms with Gasteiger partial charge in [0.05, 0.1) is 17.8 Å². The van der Waals surface area contributed by atoms with Crippen LogP contribution in [0.5, 0.6) is 5.75 Å². The fourth-order valence-corrected chi connectivity index (χ4v) is 7.92. The Bertz CT molecular complexity index is 1210. The van der Waals surface area contributed by atoms with Gasteiger partial charge in [0.15, 0.2) is 0 Å². The summed E-state index contributed by atoms with van der Waals surface area (Å²) >= 11 is 0. The Morgan fingerprint density at radius 1 is 0.949 bits per heavy atom. The molecule has 214 valence electrons. The molecule has 39 heavy (non-hydrogen) atoms. The van der Waals surface area contributed by atoms with Crippen LogP contribution >= 0.6 is 12.4 Å². The van der Waals surface area contributed by atoms with Gasteiger partial charge in [-0.05, 0) is 75.4 Å². The summed E-state index contributed by atoms with van der Waals surface area (Å²) in [4.78, 5) is 18.0. The van der Waals surface area contributed by atoms with E-state index < -0.39 is 15.3 Å². The Balaban J connectivity index is 0.00000353. The first kappa shape index (κ1) is 29.8. The first-order chi connectivity index (χ1) is 18.2. The van der Waals surface area contributed by atoms with Crippen LogP contribution in [0.25, 0.3) is 0 Å². The standard InChI is InChI=1S/C30H41N3O4S.ClH/c1-23(2)38(35,36)33-21-26(28(22-33)25-7-5-4-6-8-25)20-31-16-13-30(14-17-31)15-18-32(29(30)34)19-24-9-11-27(37-3)12-10-24;/h4-12,23,26,28H,13-22H2,1-3H3;1H. The van der Waals surface area contributed by atoms with Crippen LogP contribution in [0.3, 0.4) is 0 Å². The zero-order chi connectivity index (χ0) is 26.9. The molecule has 0 bridgehead atoms. The van der Waals surface area contributed by atoms with Crippen molar-refractivity contribution >= 4 is 28.3 Å². The maximum absolute atomic E-state index is 13.5. The predicted molar refractivity (Wildman–Crippen MR) is 157 cm³/mol. The van der Waals surface area contributed by atoms with Crippen molar-refractivity contribution in [3.8, 4) is 5.75 Å². The van der Waals surface area contributed by atoms with Crippen molar-refractivity contribution in [3.05, 3.63) is 65.7 Å². The second-order valence-corrected chi connectivity index (χ2v) is 14.1. The number of carbonyl (C=O) groups is 1. The number of hydrogen-bond donors (Lipinski definition) is 0. The van der Waals surface area contributed by atoms with Crippen LogP contribution < -0.4 is 4.74 Å². The summed E-state index contributed by atoms with van der Waals surface area (Å²) in [5.74, 6) is 1.55. The summed E-state index contributed by atoms with van der Waals surface area (Å²) in [5, 5.41) is -0.415. The Hall–Kier alpha value is -2.13. The number of benzene rings is 2. The maximum atomic E-state index is 13.5. The number of hydrogen-bond acceptors (Lipinski definition) is 5. The summed E-state index contributed by atoms with van der Waals surface area (Å²) in [6.07, 6.45) is 2.68. The van der Waals surface area contributed by atoms with Crippen molar-refractivity contribution in [2.75, 3.05) is 46.4 Å². The quantitative estimate of drug-likeness (QED) is 0.467. The molecule has 3 aliphatic heterocycles. The summed E-state index contributed by atoms with van der Waals surface area (Å²) in [6.45, 7) is 8.74. The smallest absolute Gasteiger partial charge is 0.229 e. The van der Waals surface area contributed by atoms with Crippen molar-refractivity contribution in [3.63, 3.8) is 0 Å². The highest BCUT2D eigenvalue weighted by Crippen LogP contribution is 2.43. The third kappa shape index (κ3) is 6.14. The molecule has 5 rings (SSSR count). The highest BCUT2D eigenvalue weighted by atomic mass is 35.5. The molecule has 0 saturated carbocycles. The Morgan fingerprint density at radius 3 is 2.21 bits per heavy atom. The third-order valence-corrected chi connectivity index (χ3v) is 11.2. The zero-order valence-corrected chi connectivity index (χ0v) is 24.9. The molecule has 3 aliphatic rings. The van der Waals surface area contributed by atoms with E-state index in [1.807, 2.05) is 47.4 Å². The van der Waals surface area contributed by atoms with Crippen LogP contribution in [0.4, 0.5) is 0 Å². The van der Waals surface area contributed by atoms with E-state index in [0.717, 1.165) is 56.8 Å². The second kappa shape index (κ2) is 12.2. The van der Waals surface area contributed by atoms with Gasteiger partial charge in [0, 0.05) is 38.6 Å². The van der Waals surface area contributed by atoms with Crippen LogP contribution in [0.15, 0.2) is 54.6 Å². The molecule has 1 amide bonds. The molecule has 7 nitrogen and oxygen atoms in total. The SMILES string of the molecule is COc1ccc(CN2CCC3(CCN(CC4CN(S(=O)(=O)C(C)C)CC4c4ccccc4)CC3)C2=O)cc1.Cl. The van der Waals surface area contributed by atoms with Crippen LogP contribution in [0.1, 0.15) is 50.2 Å². The summed E-state index contributed by atoms with van der Waals surface area (Å²) in [7, 11) is -1.64. The lowest BCUT2D eigenvalue weighted by Gasteiger charge is -2.39. The van der Waals surface area contributed by atoms with E-state index in [9.17, 15) is 13.2 Å². The molecule has 3 fully saturated rings. The van der Waals surface area contributed by atoms with E-state index in [4.69, 9.17) is 4.74 Å². The molecule has 0 radical (unpaired) electrons. The molecule has 2 atom stereocenters. The van der Waals surface area contributed by atoms with E-state index in [1.54, 1.807) is 25.3 Å². The fourth-order valence-electron chi connectivity index (χ4n) is 6.55. The predicted octanol–water partition coefficient (Wildman–Crippen LogP) is 4.39. The van der Waals surface area contributed by atoms with Crippen molar-refractivity contribution in [2.45, 2.75) is 50.8 Å². The van der Waals surface area contributed by atoms with Crippen LogP contribution in [0.2, 0.25) is 0 Å². The van der Waals surface area contributed by atoms with Gasteiger partial charge < -0.3 is 14.5 Å². The van der Waals surface area contributed by atoms with Crippen LogP contribution in [-0.2, 0) is 21.4 Å². The number of carbonyl (C=O) groups excluding carboxylic acids is 1. The molecule has 2 unspecified atom stereocenters. The number of methoxy groups -OCH3 is 1. The molecule has 0 N–H and O–H groups in total. The highest BCUT2D eigenvalue weighted by Gasteiger charge is 2.49. The van der Waals surface area contributed by atoms with E-state index >= 15 is 0 Å². The molecule has 2 aromatic rings. The van der Waals surface area contributed by atoms with Crippen molar-refractivity contribution in [1.82, 2.24) is 14.1 Å². The van der Waals surface area contributed by atoms with Gasteiger partial charge in [-0.2, -0.15) is 0 Å². The number of ether oxygens (including phenoxy) is 1. The summed E-state index contributed by atoms with van der Waals surface area (Å²) < 4.78 is 33.0. The van der Waals surface area contributed by atoms with Gasteiger partial charge in [-0.25, -0.2) is 12.7 Å². The number of piperidine rings is 1. The third-order valence-electron chi connectivity index (χ3n) is 9.03. The van der Waals surface area contributed by atoms with Crippen LogP contribution in [-0.4, -0.2) is 80.1 Å². The number of nitrogens with zero attached hydrogens (tertiary/aromatic N) is 3. The first-order valence-corrected chi connectivity index (χ1v) is 15.4. The number of rotatable bonds is 8. The van der Waals surface area contributed by atoms with E-state index in [0.29, 0.717) is 25.5 Å². The second-order valence-electron chi connectivity index (χ2n) is 11.6. The minimum atomic E-state index is -3.30. The minimum absolute atomic E-state index is 0. The van der Waals surface area contributed by atoms with Crippen molar-refractivity contribution in [2.24, 2.45) is 11.3 Å². The van der Waals surface area contributed by atoms with E-state index in [-0.39, 0.29) is 29.7 Å². The van der Waals surface area contributed by atoms with Gasteiger partial charge in [0.25, 0.3) is 0 Å². The van der Waals surface area contributed by atoms with Gasteiger partial charge in [-0.3, -0.25) is 4.79 Å². The Morgan fingerprint density at radius 2 is 1.59 bits per heavy atom. The molecule has 3 heterocycles. The van der Waals surface area contributed by atoms with E-state index in [2.05, 4.69) is 17.0 Å². The molecule has 0 aliphatic carbocycles. The lowest BCUT2D eigenvalue weighted by Crippen LogP contribution is -2.46. The van der Waals surface area contributed by atoms with Gasteiger partial charge in [0.1, 0.15) is 5.75 Å². The molecule has 2 aromatic carbocycles. The monoisotopic (exact) mass is 575 g/mol. The van der Waals surface area contributed by atoms with E-state index in [1.165, 1.54) is 5.56 Å². The fraction of sp³-hybridized carbons (Fsp3) is 0.567. The number of likely N-dealkylation sites (tertiary alicyclic amines) is 2. The normalized spacial score (nSPS) is 23.9. The summed E-state index contributed by atoms with van der Waals surface area (Å²) in [5.41, 5.74) is 2.10. The number of halogens is 1. The van der Waals surface area contributed by atoms with Crippen molar-refractivity contribution < 1.29 is 17.9 Å². The summed E-state index contributed by atoms with van der Waals surface area (Å²) in [6, 6.07) is 18.3. The van der Waals surface area contributed by atoms with Gasteiger partial charge in [0.2, 0.25) is 15.9 Å². The minimum Gasteiger partial charge on any atom is -0.497 e. The lowest BCUT2D eigenvalue weighted by molar-refractivity contribution is -0.139. The van der Waals surface area contributed by atoms with Gasteiger partial charge in [-0.15, -0.1) is 12.4 Å². The van der Waals surface area contributed by atoms with Crippen molar-refractivity contribution in [1.29, 1.82) is 0 Å². The molecular weight excluding hydrogens is 534 g/mol. The maximum Gasteiger partial charge on any atom is 0.229 e. The number of amides is 1. The highest BCUT2D eigenvalue weighted by molar-refractivity contribution is 7.89. The van der Waals surface area contributed by atoms with Gasteiger partial charge >= 0.3 is 0 Å². The molecule has 0 aromatic heterocycles. The zero-order valence-electron chi connectivity index (χ0n) is 23.3. The molecule has 3 saturated heterocycles. The molecule has 1 spiro atoms. The first-order valence-electron chi connectivity index (χ1n) is 13.9. The largest absolute Gasteiger partial charge is 0.497 e. The molecule has 9 heteroatoms. The number of sulfonamides is 1. The Labute approximate surface area is 240 Å².